The van der Waals surface area contributed by atoms with Gasteiger partial charge in [0.25, 0.3) is 5.91 Å². The molecule has 3 heterocycles. The maximum Gasteiger partial charge on any atom is 0.288 e. The molecule has 0 bridgehead atoms. The van der Waals surface area contributed by atoms with Gasteiger partial charge < -0.3 is 15.5 Å². The zero-order chi connectivity index (χ0) is 24.8. The minimum atomic E-state index is -0.609. The zero-order valence-corrected chi connectivity index (χ0v) is 20.9. The second-order valence-electron chi connectivity index (χ2n) is 8.73. The summed E-state index contributed by atoms with van der Waals surface area (Å²) < 4.78 is 1.58. The van der Waals surface area contributed by atoms with E-state index in [1.807, 2.05) is 43.6 Å². The van der Waals surface area contributed by atoms with Crippen LogP contribution in [0.5, 0.6) is 0 Å². The highest BCUT2D eigenvalue weighted by atomic mass is 32.2. The number of carbonyl (C=O) groups is 2. The van der Waals surface area contributed by atoms with Gasteiger partial charge in [0.15, 0.2) is 0 Å². The maximum absolute atomic E-state index is 11.9. The van der Waals surface area contributed by atoms with E-state index in [-0.39, 0.29) is 11.7 Å². The number of primary amides is 1. The predicted molar refractivity (Wildman–Crippen MR) is 138 cm³/mol. The van der Waals surface area contributed by atoms with Crippen molar-refractivity contribution in [1.29, 1.82) is 0 Å². The van der Waals surface area contributed by atoms with Gasteiger partial charge in [0.1, 0.15) is 12.1 Å². The minimum Gasteiger partial charge on any atom is -0.363 e. The average Bonchev–Trinajstić information content (AvgIpc) is 3.54. The van der Waals surface area contributed by atoms with E-state index in [2.05, 4.69) is 33.1 Å². The standard InChI is InChI=1S/C15H21N3OS.C10H10N4O/c1-17(11-5-3-4-6-11)14-9-13-12(10-16-14)18(2)15(19)7-8-20-13;11-9(15)10-12-7-14(13-10)6-8-4-2-1-3-5-8/h9-11H,3-8H2,1-2H3;1-5,7H,6H2,(H2,11,15). The van der Waals surface area contributed by atoms with Crippen LogP contribution in [0.3, 0.4) is 0 Å². The Morgan fingerprint density at radius 1 is 1.20 bits per heavy atom. The number of anilines is 2. The predicted octanol–water partition coefficient (Wildman–Crippen LogP) is 3.34. The topological polar surface area (TPSA) is 110 Å². The number of rotatable bonds is 5. The van der Waals surface area contributed by atoms with Crippen molar-refractivity contribution in [1.82, 2.24) is 19.7 Å². The number of benzene rings is 1. The normalized spacial score (nSPS) is 15.7. The van der Waals surface area contributed by atoms with Gasteiger partial charge in [-0.2, -0.15) is 0 Å². The highest BCUT2D eigenvalue weighted by molar-refractivity contribution is 7.99. The molecule has 1 fully saturated rings. The van der Waals surface area contributed by atoms with Crippen LogP contribution < -0.4 is 15.5 Å². The Morgan fingerprint density at radius 3 is 2.63 bits per heavy atom. The van der Waals surface area contributed by atoms with Crippen LogP contribution in [-0.2, 0) is 11.3 Å². The molecule has 0 unspecified atom stereocenters. The number of carbonyl (C=O) groups excluding carboxylic acids is 2. The molecule has 1 aliphatic carbocycles. The Bertz CT molecular complexity index is 1160. The molecule has 35 heavy (non-hydrogen) atoms. The highest BCUT2D eigenvalue weighted by Gasteiger charge is 2.24. The van der Waals surface area contributed by atoms with Gasteiger partial charge in [0, 0.05) is 37.2 Å². The van der Waals surface area contributed by atoms with E-state index < -0.39 is 5.91 Å². The molecular weight excluding hydrogens is 462 g/mol. The van der Waals surface area contributed by atoms with E-state index in [4.69, 9.17) is 5.73 Å². The Balaban J connectivity index is 0.000000172. The van der Waals surface area contributed by atoms with Crippen LogP contribution in [0.2, 0.25) is 0 Å². The number of thioether (sulfide) groups is 1. The molecule has 0 radical (unpaired) electrons. The lowest BCUT2D eigenvalue weighted by Gasteiger charge is -2.26. The van der Waals surface area contributed by atoms with Crippen molar-refractivity contribution in [3.63, 3.8) is 0 Å². The first-order valence-corrected chi connectivity index (χ1v) is 12.8. The fourth-order valence-electron chi connectivity index (χ4n) is 4.26. The van der Waals surface area contributed by atoms with E-state index in [0.29, 0.717) is 19.0 Å². The maximum atomic E-state index is 11.9. The lowest BCUT2D eigenvalue weighted by Crippen LogP contribution is -2.30. The number of nitrogens with zero attached hydrogens (tertiary/aromatic N) is 6. The molecule has 2 N–H and O–H groups in total. The van der Waals surface area contributed by atoms with E-state index in [0.717, 1.165) is 22.8 Å². The van der Waals surface area contributed by atoms with E-state index in [1.54, 1.807) is 21.3 Å². The molecule has 184 valence electrons. The summed E-state index contributed by atoms with van der Waals surface area (Å²) in [5.74, 6) is 1.50. The van der Waals surface area contributed by atoms with E-state index in [1.165, 1.54) is 36.9 Å². The summed E-state index contributed by atoms with van der Waals surface area (Å²) in [6, 6.07) is 12.6. The van der Waals surface area contributed by atoms with Gasteiger partial charge in [-0.05, 0) is 24.5 Å². The molecule has 2 aromatic heterocycles. The average molecular weight is 494 g/mol. The zero-order valence-electron chi connectivity index (χ0n) is 20.1. The van der Waals surface area contributed by atoms with Crippen LogP contribution in [0.15, 0.2) is 53.8 Å². The molecule has 9 nitrogen and oxygen atoms in total. The van der Waals surface area contributed by atoms with Crippen LogP contribution in [0.25, 0.3) is 0 Å². The van der Waals surface area contributed by atoms with E-state index in [9.17, 15) is 9.59 Å². The van der Waals surface area contributed by atoms with Gasteiger partial charge in [-0.3, -0.25) is 9.59 Å². The fourth-order valence-corrected chi connectivity index (χ4v) is 5.29. The first-order chi connectivity index (χ1) is 16.9. The van der Waals surface area contributed by atoms with Crippen molar-refractivity contribution in [2.45, 2.75) is 49.6 Å². The van der Waals surface area contributed by atoms with Crippen LogP contribution >= 0.6 is 11.8 Å². The van der Waals surface area contributed by atoms with Gasteiger partial charge in [-0.25, -0.2) is 14.6 Å². The molecule has 5 rings (SSSR count). The number of hydrogen-bond donors (Lipinski definition) is 1. The Kier molecular flexibility index (Phi) is 8.02. The number of aromatic nitrogens is 4. The third-order valence-corrected chi connectivity index (χ3v) is 7.36. The van der Waals surface area contributed by atoms with Crippen molar-refractivity contribution in [2.75, 3.05) is 29.6 Å². The monoisotopic (exact) mass is 493 g/mol. The van der Waals surface area contributed by atoms with Crippen molar-refractivity contribution < 1.29 is 9.59 Å². The number of amides is 2. The van der Waals surface area contributed by atoms with Gasteiger partial charge in [-0.1, -0.05) is 43.2 Å². The van der Waals surface area contributed by atoms with Crippen molar-refractivity contribution >= 4 is 35.1 Å². The molecular formula is C25H31N7O2S. The highest BCUT2D eigenvalue weighted by Crippen LogP contribution is 2.36. The number of fused-ring (bicyclic) bond motifs is 1. The third-order valence-electron chi connectivity index (χ3n) is 6.32. The SMILES string of the molecule is CN1C(=O)CCSc2cc(N(C)C3CCCC3)ncc21.NC(=O)c1ncn(Cc2ccccc2)n1. The number of nitrogens with two attached hydrogens (primary N) is 1. The van der Waals surface area contributed by atoms with Crippen molar-refractivity contribution in [2.24, 2.45) is 5.73 Å². The van der Waals surface area contributed by atoms with Gasteiger partial charge in [0.05, 0.1) is 18.4 Å². The second kappa shape index (κ2) is 11.4. The molecule has 0 atom stereocenters. The minimum absolute atomic E-state index is 0.0472. The second-order valence-corrected chi connectivity index (χ2v) is 9.86. The largest absolute Gasteiger partial charge is 0.363 e. The van der Waals surface area contributed by atoms with Gasteiger partial charge in [0.2, 0.25) is 11.7 Å². The molecule has 1 saturated carbocycles. The summed E-state index contributed by atoms with van der Waals surface area (Å²) in [6.45, 7) is 0.584. The van der Waals surface area contributed by atoms with Crippen molar-refractivity contribution in [3.05, 3.63) is 60.3 Å². The molecule has 2 amide bonds. The fraction of sp³-hybridized carbons (Fsp3) is 0.400. The third kappa shape index (κ3) is 6.19. The summed E-state index contributed by atoms with van der Waals surface area (Å²) in [6.07, 6.45) is 9.13. The smallest absolute Gasteiger partial charge is 0.288 e. The Labute approximate surface area is 209 Å². The molecule has 0 saturated heterocycles. The lowest BCUT2D eigenvalue weighted by molar-refractivity contribution is -0.117. The quantitative estimate of drug-likeness (QED) is 0.580. The number of pyridine rings is 1. The summed E-state index contributed by atoms with van der Waals surface area (Å²) in [7, 11) is 3.98. The van der Waals surface area contributed by atoms with Crippen LogP contribution in [-0.4, -0.2) is 57.5 Å². The van der Waals surface area contributed by atoms with Crippen LogP contribution in [0, 0.1) is 0 Å². The van der Waals surface area contributed by atoms with Crippen LogP contribution in [0.1, 0.15) is 48.3 Å². The Hall–Kier alpha value is -3.40. The van der Waals surface area contributed by atoms with Crippen molar-refractivity contribution in [3.8, 4) is 0 Å². The van der Waals surface area contributed by atoms with E-state index >= 15 is 0 Å². The molecule has 1 aromatic carbocycles. The first kappa shape index (κ1) is 24.7. The number of hydrogen-bond acceptors (Lipinski definition) is 7. The lowest BCUT2D eigenvalue weighted by atomic mass is 10.2. The van der Waals surface area contributed by atoms with Gasteiger partial charge >= 0.3 is 0 Å². The molecule has 10 heteroatoms. The summed E-state index contributed by atoms with van der Waals surface area (Å²) in [4.78, 5) is 36.2. The molecule has 0 spiro atoms. The van der Waals surface area contributed by atoms with Crippen LogP contribution in [0.4, 0.5) is 11.5 Å². The molecule has 2 aliphatic rings. The Morgan fingerprint density at radius 2 is 1.94 bits per heavy atom. The summed E-state index contributed by atoms with van der Waals surface area (Å²) >= 11 is 1.76. The molecule has 3 aromatic rings. The summed E-state index contributed by atoms with van der Waals surface area (Å²) in [5.41, 5.74) is 7.08. The molecule has 1 aliphatic heterocycles. The first-order valence-electron chi connectivity index (χ1n) is 11.8. The summed E-state index contributed by atoms with van der Waals surface area (Å²) in [5, 5.41) is 3.94. The van der Waals surface area contributed by atoms with Gasteiger partial charge in [-0.15, -0.1) is 16.9 Å².